The van der Waals surface area contributed by atoms with Crippen molar-refractivity contribution in [1.82, 2.24) is 10.3 Å². The Morgan fingerprint density at radius 2 is 1.72 bits per heavy atom. The number of carbonyl (C=O) groups is 2. The van der Waals surface area contributed by atoms with Crippen LogP contribution in [0.1, 0.15) is 28.6 Å². The molecule has 0 aliphatic rings. The summed E-state index contributed by atoms with van der Waals surface area (Å²) in [5, 5.41) is 7.10. The highest BCUT2D eigenvalue weighted by Gasteiger charge is 2.18. The molecule has 0 aliphatic carbocycles. The fourth-order valence-corrected chi connectivity index (χ4v) is 4.52. The van der Waals surface area contributed by atoms with Crippen LogP contribution >= 0.6 is 22.9 Å². The van der Waals surface area contributed by atoms with E-state index in [1.54, 1.807) is 35.6 Å². The molecule has 6 nitrogen and oxygen atoms in total. The smallest absolute Gasteiger partial charge is 0.312 e. The van der Waals surface area contributed by atoms with Crippen molar-refractivity contribution < 1.29 is 9.59 Å². The van der Waals surface area contributed by atoms with Crippen molar-refractivity contribution in [3.8, 4) is 0 Å². The molecular weight excluding hydrogens is 444 g/mol. The van der Waals surface area contributed by atoms with Gasteiger partial charge in [0, 0.05) is 17.1 Å². The zero-order chi connectivity index (χ0) is 22.5. The number of para-hydroxylation sites is 1. The molecule has 0 radical (unpaired) electrons. The Kier molecular flexibility index (Phi) is 6.68. The first-order valence-electron chi connectivity index (χ1n) is 10.0. The normalized spacial score (nSPS) is 11.8. The summed E-state index contributed by atoms with van der Waals surface area (Å²) >= 11 is 7.61. The standard InChI is InChI=1S/C24H21ClN4O2S/c25-17-9-7-16(8-10-17)20(29-24(26)31)14-22(30)27-18-11-5-15(6-12-18)13-23-28-19-3-1-2-4-21(19)32-23/h1-12,20H,13-14H2,(H,27,30)(H3,26,29,31). The van der Waals surface area contributed by atoms with Gasteiger partial charge in [-0.1, -0.05) is 48.0 Å². The number of hydrogen-bond donors (Lipinski definition) is 3. The van der Waals surface area contributed by atoms with Crippen LogP contribution < -0.4 is 16.4 Å². The van der Waals surface area contributed by atoms with Gasteiger partial charge in [-0.3, -0.25) is 4.79 Å². The molecule has 0 aliphatic heterocycles. The molecule has 4 rings (SSSR count). The highest BCUT2D eigenvalue weighted by molar-refractivity contribution is 7.18. The Morgan fingerprint density at radius 1 is 1.00 bits per heavy atom. The lowest BCUT2D eigenvalue weighted by atomic mass is 10.0. The number of rotatable bonds is 7. The third kappa shape index (κ3) is 5.63. The lowest BCUT2D eigenvalue weighted by molar-refractivity contribution is -0.116. The minimum atomic E-state index is -0.697. The van der Waals surface area contributed by atoms with Gasteiger partial charge in [0.25, 0.3) is 0 Å². The number of nitrogens with two attached hydrogens (primary N) is 1. The summed E-state index contributed by atoms with van der Waals surface area (Å²) in [7, 11) is 0. The first-order chi connectivity index (χ1) is 15.5. The molecule has 3 aromatic carbocycles. The molecule has 162 valence electrons. The summed E-state index contributed by atoms with van der Waals surface area (Å²) in [5.74, 6) is -0.238. The van der Waals surface area contributed by atoms with E-state index in [1.807, 2.05) is 42.5 Å². The van der Waals surface area contributed by atoms with Gasteiger partial charge in [-0.05, 0) is 47.5 Å². The number of aromatic nitrogens is 1. The minimum absolute atomic E-state index is 0.0397. The number of nitrogens with one attached hydrogen (secondary N) is 2. The molecule has 0 fully saturated rings. The molecule has 8 heteroatoms. The van der Waals surface area contributed by atoms with Crippen LogP contribution in [-0.4, -0.2) is 16.9 Å². The predicted molar refractivity (Wildman–Crippen MR) is 129 cm³/mol. The van der Waals surface area contributed by atoms with Crippen LogP contribution in [0.2, 0.25) is 5.02 Å². The van der Waals surface area contributed by atoms with Crippen molar-refractivity contribution in [1.29, 1.82) is 0 Å². The van der Waals surface area contributed by atoms with Gasteiger partial charge >= 0.3 is 6.03 Å². The van der Waals surface area contributed by atoms with Crippen LogP contribution in [-0.2, 0) is 11.2 Å². The van der Waals surface area contributed by atoms with E-state index in [0.717, 1.165) is 28.1 Å². The van der Waals surface area contributed by atoms with Gasteiger partial charge in [-0.2, -0.15) is 0 Å². The van der Waals surface area contributed by atoms with Gasteiger partial charge in [0.15, 0.2) is 0 Å². The number of carbonyl (C=O) groups excluding carboxylic acids is 2. The third-order valence-corrected chi connectivity index (χ3v) is 6.20. The molecule has 1 heterocycles. The van der Waals surface area contributed by atoms with Crippen molar-refractivity contribution in [3.05, 3.63) is 94.0 Å². The number of thiazole rings is 1. The van der Waals surface area contributed by atoms with Gasteiger partial charge in [0.05, 0.1) is 27.7 Å². The van der Waals surface area contributed by atoms with Crippen molar-refractivity contribution in [3.63, 3.8) is 0 Å². The average Bonchev–Trinajstić information content (AvgIpc) is 3.17. The second-order valence-corrected chi connectivity index (χ2v) is 8.87. The molecule has 1 unspecified atom stereocenters. The van der Waals surface area contributed by atoms with Crippen LogP contribution in [0.25, 0.3) is 10.2 Å². The van der Waals surface area contributed by atoms with E-state index < -0.39 is 12.1 Å². The number of benzene rings is 3. The van der Waals surface area contributed by atoms with Crippen molar-refractivity contribution in [2.45, 2.75) is 18.9 Å². The van der Waals surface area contributed by atoms with E-state index in [4.69, 9.17) is 17.3 Å². The van der Waals surface area contributed by atoms with Gasteiger partial charge < -0.3 is 16.4 Å². The van der Waals surface area contributed by atoms with Gasteiger partial charge in [-0.25, -0.2) is 9.78 Å². The quantitative estimate of drug-likeness (QED) is 0.347. The number of hydrogen-bond acceptors (Lipinski definition) is 4. The summed E-state index contributed by atoms with van der Waals surface area (Å²) in [5.41, 5.74) is 8.82. The molecule has 3 amide bonds. The Bertz CT molecular complexity index is 1210. The van der Waals surface area contributed by atoms with E-state index in [1.165, 1.54) is 4.70 Å². The highest BCUT2D eigenvalue weighted by atomic mass is 35.5. The maximum Gasteiger partial charge on any atom is 0.312 e. The van der Waals surface area contributed by atoms with Gasteiger partial charge in [-0.15, -0.1) is 11.3 Å². The number of anilines is 1. The first kappa shape index (κ1) is 21.8. The van der Waals surface area contributed by atoms with Crippen molar-refractivity contribution in [2.75, 3.05) is 5.32 Å². The molecule has 1 atom stereocenters. The van der Waals surface area contributed by atoms with Crippen LogP contribution in [0.4, 0.5) is 10.5 Å². The SMILES string of the molecule is NC(=O)NC(CC(=O)Nc1ccc(Cc2nc3ccccc3s2)cc1)c1ccc(Cl)cc1. The predicted octanol–water partition coefficient (Wildman–Crippen LogP) is 5.28. The molecule has 0 spiro atoms. The van der Waals surface area contributed by atoms with Gasteiger partial charge in [0.2, 0.25) is 5.91 Å². The summed E-state index contributed by atoms with van der Waals surface area (Å²) in [6, 6.07) is 21.4. The van der Waals surface area contributed by atoms with Gasteiger partial charge in [0.1, 0.15) is 0 Å². The highest BCUT2D eigenvalue weighted by Crippen LogP contribution is 2.24. The molecule has 4 aromatic rings. The first-order valence-corrected chi connectivity index (χ1v) is 11.2. The molecule has 0 saturated heterocycles. The summed E-state index contributed by atoms with van der Waals surface area (Å²) in [4.78, 5) is 28.6. The third-order valence-electron chi connectivity index (χ3n) is 4.91. The van der Waals surface area contributed by atoms with Crippen LogP contribution in [0.3, 0.4) is 0 Å². The summed E-state index contributed by atoms with van der Waals surface area (Å²) in [6.45, 7) is 0. The Balaban J connectivity index is 1.38. The number of primary amides is 1. The molecule has 1 aromatic heterocycles. The Labute approximate surface area is 194 Å². The number of nitrogens with zero attached hydrogens (tertiary/aromatic N) is 1. The molecule has 0 bridgehead atoms. The maximum absolute atomic E-state index is 12.6. The average molecular weight is 465 g/mol. The lowest BCUT2D eigenvalue weighted by Crippen LogP contribution is -2.35. The number of amides is 3. The van der Waals surface area contributed by atoms with E-state index >= 15 is 0 Å². The van der Waals surface area contributed by atoms with E-state index in [9.17, 15) is 9.59 Å². The Morgan fingerprint density at radius 3 is 2.41 bits per heavy atom. The molecule has 32 heavy (non-hydrogen) atoms. The fourth-order valence-electron chi connectivity index (χ4n) is 3.39. The monoisotopic (exact) mass is 464 g/mol. The lowest BCUT2D eigenvalue weighted by Gasteiger charge is -2.18. The zero-order valence-corrected chi connectivity index (χ0v) is 18.6. The zero-order valence-electron chi connectivity index (χ0n) is 17.0. The topological polar surface area (TPSA) is 97.1 Å². The van der Waals surface area contributed by atoms with Crippen LogP contribution in [0.15, 0.2) is 72.8 Å². The Hall–Kier alpha value is -3.42. The van der Waals surface area contributed by atoms with Crippen molar-refractivity contribution >= 4 is 50.8 Å². The van der Waals surface area contributed by atoms with E-state index in [-0.39, 0.29) is 12.3 Å². The number of urea groups is 1. The molecule has 4 N–H and O–H groups in total. The maximum atomic E-state index is 12.6. The summed E-state index contributed by atoms with van der Waals surface area (Å²) < 4.78 is 1.17. The minimum Gasteiger partial charge on any atom is -0.352 e. The van der Waals surface area contributed by atoms with Crippen LogP contribution in [0.5, 0.6) is 0 Å². The summed E-state index contributed by atoms with van der Waals surface area (Å²) in [6.07, 6.45) is 0.771. The largest absolute Gasteiger partial charge is 0.352 e. The number of fused-ring (bicyclic) bond motifs is 1. The second-order valence-electron chi connectivity index (χ2n) is 7.31. The number of halogens is 1. The molecular formula is C24H21ClN4O2S. The van der Waals surface area contributed by atoms with Crippen LogP contribution in [0, 0.1) is 0 Å². The van der Waals surface area contributed by atoms with E-state index in [2.05, 4.69) is 21.7 Å². The fraction of sp³-hybridized carbons (Fsp3) is 0.125. The van der Waals surface area contributed by atoms with E-state index in [0.29, 0.717) is 10.7 Å². The van der Waals surface area contributed by atoms with Crippen molar-refractivity contribution in [2.24, 2.45) is 5.73 Å². The second kappa shape index (κ2) is 9.80. The molecule has 0 saturated carbocycles.